The Morgan fingerprint density at radius 3 is 1.11 bits per heavy atom. The van der Waals surface area contributed by atoms with E-state index in [1.54, 1.807) is 0 Å². The Hall–Kier alpha value is 0.554. The second-order valence-corrected chi connectivity index (χ2v) is 4.54. The number of hydrogen-bond donors (Lipinski definition) is 0. The summed E-state index contributed by atoms with van der Waals surface area (Å²) in [5.74, 6) is 0. The third-order valence-electron chi connectivity index (χ3n) is 2.89. The number of nitrogens with zero attached hydrogens (tertiary/aromatic N) is 4. The third kappa shape index (κ3) is 11.6. The standard InChI is InChI=1S/C12H27N4.CH3.Ti/c1-10(13-4)7-16(8-11(2)14-5)9-12(3)15-6;;/h10-12H,7-9H2,1-6H3;1H3;/q-3;-1;+4. The van der Waals surface area contributed by atoms with Crippen molar-refractivity contribution >= 4 is 0 Å². The Balaban J connectivity index is -0.00000112. The van der Waals surface area contributed by atoms with Gasteiger partial charge in [0.05, 0.1) is 0 Å². The molecule has 4 nitrogen and oxygen atoms in total. The van der Waals surface area contributed by atoms with Gasteiger partial charge in [0, 0.05) is 0 Å². The van der Waals surface area contributed by atoms with E-state index in [2.05, 4.69) is 41.6 Å². The van der Waals surface area contributed by atoms with Gasteiger partial charge in [0.15, 0.2) is 0 Å². The van der Waals surface area contributed by atoms with Crippen molar-refractivity contribution in [2.24, 2.45) is 0 Å². The minimum atomic E-state index is 0. The van der Waals surface area contributed by atoms with Crippen molar-refractivity contribution in [3.63, 3.8) is 0 Å². The number of likely N-dealkylation sites (N-methyl/N-ethyl adjacent to an activating group) is 3. The normalized spacial score (nSPS) is 15.5. The summed E-state index contributed by atoms with van der Waals surface area (Å²) in [6, 6.07) is 1.15. The third-order valence-corrected chi connectivity index (χ3v) is 2.89. The molecule has 0 aromatic heterocycles. The van der Waals surface area contributed by atoms with Crippen LogP contribution in [0.15, 0.2) is 0 Å². The Labute approximate surface area is 130 Å². The zero-order valence-corrected chi connectivity index (χ0v) is 14.7. The number of hydrogen-bond acceptors (Lipinski definition) is 1. The summed E-state index contributed by atoms with van der Waals surface area (Å²) in [6.07, 6.45) is 0. The van der Waals surface area contributed by atoms with Gasteiger partial charge >= 0.3 is 21.7 Å². The van der Waals surface area contributed by atoms with Gasteiger partial charge in [-0.2, -0.15) is 21.1 Å². The predicted octanol–water partition coefficient (Wildman–Crippen LogP) is 2.91. The van der Waals surface area contributed by atoms with Crippen molar-refractivity contribution in [3.8, 4) is 0 Å². The molecule has 106 valence electrons. The SMILES string of the molecule is C[N-]C(C)CN(CC(C)[N-]C)CC(C)[N-]C.[CH3-].[Ti+4]. The summed E-state index contributed by atoms with van der Waals surface area (Å²) in [5, 5.41) is 12.9. The van der Waals surface area contributed by atoms with Gasteiger partial charge in [-0.25, -0.2) is 0 Å². The summed E-state index contributed by atoms with van der Waals surface area (Å²) in [7, 11) is 5.64. The number of rotatable bonds is 9. The summed E-state index contributed by atoms with van der Waals surface area (Å²) in [4.78, 5) is 2.41. The molecule has 18 heavy (non-hydrogen) atoms. The van der Waals surface area contributed by atoms with E-state index in [-0.39, 0.29) is 29.1 Å². The average molecular weight is 290 g/mol. The van der Waals surface area contributed by atoms with Crippen LogP contribution in [0, 0.1) is 7.43 Å². The van der Waals surface area contributed by atoms with E-state index in [0.29, 0.717) is 18.1 Å². The molecule has 5 heteroatoms. The van der Waals surface area contributed by atoms with Crippen molar-refractivity contribution in [2.45, 2.75) is 38.9 Å². The van der Waals surface area contributed by atoms with Crippen LogP contribution in [0.5, 0.6) is 0 Å². The molecule has 0 spiro atoms. The molecule has 0 saturated carbocycles. The molecule has 0 rings (SSSR count). The van der Waals surface area contributed by atoms with Crippen LogP contribution in [0.25, 0.3) is 16.0 Å². The molecule has 0 aliphatic rings. The van der Waals surface area contributed by atoms with E-state index in [9.17, 15) is 0 Å². The molecule has 0 bridgehead atoms. The van der Waals surface area contributed by atoms with E-state index < -0.39 is 0 Å². The van der Waals surface area contributed by atoms with Gasteiger partial charge in [0.25, 0.3) is 0 Å². The van der Waals surface area contributed by atoms with Crippen molar-refractivity contribution in [1.29, 1.82) is 0 Å². The molecular formula is C13H30N4Ti. The van der Waals surface area contributed by atoms with Gasteiger partial charge < -0.3 is 28.3 Å². The molecule has 0 heterocycles. The van der Waals surface area contributed by atoms with Gasteiger partial charge in [0.2, 0.25) is 0 Å². The van der Waals surface area contributed by atoms with E-state index in [1.165, 1.54) is 0 Å². The fraction of sp³-hybridized carbons (Fsp3) is 0.923. The van der Waals surface area contributed by atoms with Gasteiger partial charge in [-0.3, -0.25) is 0 Å². The first-order valence-corrected chi connectivity index (χ1v) is 6.02. The zero-order valence-electron chi connectivity index (χ0n) is 13.1. The zero-order chi connectivity index (χ0) is 12.6. The molecule has 0 aliphatic heterocycles. The second kappa shape index (κ2) is 14.0. The first-order chi connectivity index (χ1) is 7.53. The maximum absolute atomic E-state index is 4.29. The summed E-state index contributed by atoms with van der Waals surface area (Å²) in [6.45, 7) is 9.43. The van der Waals surface area contributed by atoms with Gasteiger partial charge in [-0.05, 0) is 19.6 Å². The van der Waals surface area contributed by atoms with Gasteiger partial charge in [-0.1, -0.05) is 20.8 Å². The van der Waals surface area contributed by atoms with Gasteiger partial charge in [0.1, 0.15) is 0 Å². The molecular weight excluding hydrogens is 260 g/mol. The first-order valence-electron chi connectivity index (χ1n) is 6.02. The smallest absolute Gasteiger partial charge is 0.661 e. The quantitative estimate of drug-likeness (QED) is 0.475. The second-order valence-electron chi connectivity index (χ2n) is 4.54. The molecule has 3 atom stereocenters. The largest absolute Gasteiger partial charge is 4.00 e. The molecule has 0 aromatic rings. The minimum absolute atomic E-state index is 0. The molecule has 3 unspecified atom stereocenters. The molecule has 0 aliphatic carbocycles. The Bertz CT molecular complexity index is 141. The van der Waals surface area contributed by atoms with Crippen molar-refractivity contribution in [1.82, 2.24) is 4.90 Å². The van der Waals surface area contributed by atoms with Crippen molar-refractivity contribution in [3.05, 3.63) is 23.4 Å². The summed E-state index contributed by atoms with van der Waals surface area (Å²) in [5.41, 5.74) is 0. The fourth-order valence-electron chi connectivity index (χ4n) is 1.59. The molecule has 0 saturated heterocycles. The topological polar surface area (TPSA) is 45.5 Å². The fourth-order valence-corrected chi connectivity index (χ4v) is 1.59. The Morgan fingerprint density at radius 1 is 0.722 bits per heavy atom. The van der Waals surface area contributed by atoms with Crippen LogP contribution in [-0.2, 0) is 21.7 Å². The predicted molar refractivity (Wildman–Crippen MR) is 79.1 cm³/mol. The molecule has 0 aromatic carbocycles. The van der Waals surface area contributed by atoms with Gasteiger partial charge in [-0.15, -0.1) is 18.1 Å². The molecule has 0 fully saturated rings. The maximum atomic E-state index is 4.29. The van der Waals surface area contributed by atoms with Crippen molar-refractivity contribution < 1.29 is 21.7 Å². The summed E-state index contributed by atoms with van der Waals surface area (Å²) < 4.78 is 0. The minimum Gasteiger partial charge on any atom is -0.661 e. The first kappa shape index (κ1) is 23.6. The van der Waals surface area contributed by atoms with Crippen LogP contribution >= 0.6 is 0 Å². The Kier molecular flexibility index (Phi) is 18.3. The monoisotopic (exact) mass is 290 g/mol. The van der Waals surface area contributed by atoms with E-state index in [0.717, 1.165) is 19.6 Å². The van der Waals surface area contributed by atoms with Crippen LogP contribution in [0.1, 0.15) is 20.8 Å². The van der Waals surface area contributed by atoms with Crippen LogP contribution < -0.4 is 0 Å². The van der Waals surface area contributed by atoms with E-state index in [1.807, 2.05) is 21.1 Å². The van der Waals surface area contributed by atoms with E-state index >= 15 is 0 Å². The summed E-state index contributed by atoms with van der Waals surface area (Å²) >= 11 is 0. The molecule has 0 N–H and O–H groups in total. The van der Waals surface area contributed by atoms with Crippen LogP contribution in [0.2, 0.25) is 0 Å². The van der Waals surface area contributed by atoms with Crippen LogP contribution in [0.4, 0.5) is 0 Å². The Morgan fingerprint density at radius 2 is 0.944 bits per heavy atom. The maximum Gasteiger partial charge on any atom is 4.00 e. The molecule has 0 amide bonds. The van der Waals surface area contributed by atoms with Crippen LogP contribution in [-0.4, -0.2) is 63.8 Å². The van der Waals surface area contributed by atoms with E-state index in [4.69, 9.17) is 0 Å². The molecule has 0 radical (unpaired) electrons. The average Bonchev–Trinajstić information content (AvgIpc) is 2.28. The van der Waals surface area contributed by atoms with Crippen molar-refractivity contribution in [2.75, 3.05) is 40.8 Å². The van der Waals surface area contributed by atoms with Crippen LogP contribution in [0.3, 0.4) is 0 Å².